The number of methoxy groups -OCH3 is 1. The number of ether oxygens (including phenoxy) is 1. The van der Waals surface area contributed by atoms with E-state index in [2.05, 4.69) is 45.1 Å². The van der Waals surface area contributed by atoms with Crippen LogP contribution in [-0.2, 0) is 21.4 Å². The molecule has 0 spiro atoms. The van der Waals surface area contributed by atoms with Gasteiger partial charge < -0.3 is 9.64 Å². The fourth-order valence-corrected chi connectivity index (χ4v) is 5.36. The van der Waals surface area contributed by atoms with Gasteiger partial charge in [-0.1, -0.05) is 24.3 Å². The lowest BCUT2D eigenvalue weighted by atomic mass is 10.1. The van der Waals surface area contributed by atoms with Crippen LogP contribution in [0.4, 0.5) is 10.1 Å². The van der Waals surface area contributed by atoms with Gasteiger partial charge in [0.2, 0.25) is 10.0 Å². The standard InChI is InChI=1S/C26H31FN4O3S/c1-29(35(32,33)24-11-9-23(27)10-12-24)14-15-30-16-18-31(19-17-30)25-4-3-13-28-26(25)22-7-5-21(6-8-22)20-34-2/h3-13H,14-20H2,1-2H3. The molecule has 0 aliphatic carbocycles. The molecule has 1 saturated heterocycles. The Kier molecular flexibility index (Phi) is 8.12. The summed E-state index contributed by atoms with van der Waals surface area (Å²) in [5.41, 5.74) is 4.24. The lowest BCUT2D eigenvalue weighted by Crippen LogP contribution is -2.48. The highest BCUT2D eigenvalue weighted by Gasteiger charge is 2.24. The predicted molar refractivity (Wildman–Crippen MR) is 135 cm³/mol. The van der Waals surface area contributed by atoms with Crippen molar-refractivity contribution in [3.05, 3.63) is 78.2 Å². The molecule has 0 bridgehead atoms. The first-order valence-electron chi connectivity index (χ1n) is 11.6. The van der Waals surface area contributed by atoms with E-state index in [0.29, 0.717) is 19.7 Å². The fraction of sp³-hybridized carbons (Fsp3) is 0.346. The van der Waals surface area contributed by atoms with Gasteiger partial charge in [0, 0.05) is 65.2 Å². The average Bonchev–Trinajstić information content (AvgIpc) is 2.88. The number of piperazine rings is 1. The van der Waals surface area contributed by atoms with Crippen molar-refractivity contribution in [3.8, 4) is 11.3 Å². The van der Waals surface area contributed by atoms with Gasteiger partial charge in [0.15, 0.2) is 0 Å². The Bertz CT molecular complexity index is 1210. The van der Waals surface area contributed by atoms with Crippen LogP contribution in [0.5, 0.6) is 0 Å². The van der Waals surface area contributed by atoms with Crippen molar-refractivity contribution < 1.29 is 17.5 Å². The molecule has 186 valence electrons. The van der Waals surface area contributed by atoms with E-state index in [1.54, 1.807) is 14.2 Å². The number of sulfonamides is 1. The molecule has 0 radical (unpaired) electrons. The predicted octanol–water partition coefficient (Wildman–Crippen LogP) is 3.48. The first-order chi connectivity index (χ1) is 16.9. The third-order valence-electron chi connectivity index (χ3n) is 6.29. The maximum absolute atomic E-state index is 13.2. The van der Waals surface area contributed by atoms with Gasteiger partial charge in [-0.05, 0) is 42.0 Å². The minimum absolute atomic E-state index is 0.102. The van der Waals surface area contributed by atoms with E-state index in [0.717, 1.165) is 48.7 Å². The van der Waals surface area contributed by atoms with Crippen LogP contribution < -0.4 is 4.90 Å². The second-order valence-electron chi connectivity index (χ2n) is 8.61. The summed E-state index contributed by atoms with van der Waals surface area (Å²) in [5.74, 6) is -0.454. The molecule has 7 nitrogen and oxygen atoms in total. The molecule has 2 aromatic carbocycles. The molecule has 1 fully saturated rings. The van der Waals surface area contributed by atoms with Gasteiger partial charge in [-0.2, -0.15) is 4.31 Å². The highest BCUT2D eigenvalue weighted by Crippen LogP contribution is 2.29. The van der Waals surface area contributed by atoms with E-state index in [-0.39, 0.29) is 4.90 Å². The van der Waals surface area contributed by atoms with Crippen molar-refractivity contribution in [2.24, 2.45) is 0 Å². The molecule has 9 heteroatoms. The Balaban J connectivity index is 1.35. The highest BCUT2D eigenvalue weighted by atomic mass is 32.2. The SMILES string of the molecule is COCc1ccc(-c2ncccc2N2CCN(CCN(C)S(=O)(=O)c3ccc(F)cc3)CC2)cc1. The number of aromatic nitrogens is 1. The van der Waals surface area contributed by atoms with Crippen molar-refractivity contribution in [1.29, 1.82) is 0 Å². The Morgan fingerprint density at radius 3 is 2.34 bits per heavy atom. The summed E-state index contributed by atoms with van der Waals surface area (Å²) in [6, 6.07) is 17.3. The summed E-state index contributed by atoms with van der Waals surface area (Å²) < 4.78 is 45.2. The summed E-state index contributed by atoms with van der Waals surface area (Å²) in [5, 5.41) is 0. The van der Waals surface area contributed by atoms with Crippen LogP contribution in [0, 0.1) is 5.82 Å². The van der Waals surface area contributed by atoms with Crippen LogP contribution in [0.3, 0.4) is 0 Å². The van der Waals surface area contributed by atoms with Crippen LogP contribution in [-0.4, -0.2) is 76.0 Å². The summed E-state index contributed by atoms with van der Waals surface area (Å²) in [6.45, 7) is 4.88. The quantitative estimate of drug-likeness (QED) is 0.450. The fourth-order valence-electron chi connectivity index (χ4n) is 4.20. The zero-order valence-corrected chi connectivity index (χ0v) is 20.9. The number of halogens is 1. The van der Waals surface area contributed by atoms with Gasteiger partial charge in [-0.3, -0.25) is 9.88 Å². The van der Waals surface area contributed by atoms with Crippen molar-refractivity contribution in [2.45, 2.75) is 11.5 Å². The molecule has 4 rings (SSSR count). The summed E-state index contributed by atoms with van der Waals surface area (Å²) in [6.07, 6.45) is 1.82. The third kappa shape index (κ3) is 6.05. The molecule has 2 heterocycles. The van der Waals surface area contributed by atoms with Gasteiger partial charge in [0.1, 0.15) is 5.82 Å². The summed E-state index contributed by atoms with van der Waals surface area (Å²) >= 11 is 0. The molecule has 0 saturated carbocycles. The topological polar surface area (TPSA) is 66.0 Å². The second kappa shape index (κ2) is 11.3. The first kappa shape index (κ1) is 25.2. The molecular weight excluding hydrogens is 467 g/mol. The minimum Gasteiger partial charge on any atom is -0.380 e. The largest absolute Gasteiger partial charge is 0.380 e. The van der Waals surface area contributed by atoms with E-state index in [1.165, 1.54) is 28.6 Å². The van der Waals surface area contributed by atoms with Crippen molar-refractivity contribution in [1.82, 2.24) is 14.2 Å². The Labute approximate surface area is 206 Å². The monoisotopic (exact) mass is 498 g/mol. The van der Waals surface area contributed by atoms with Crippen molar-refractivity contribution in [3.63, 3.8) is 0 Å². The van der Waals surface area contributed by atoms with Gasteiger partial charge in [-0.25, -0.2) is 12.8 Å². The number of rotatable bonds is 9. The lowest BCUT2D eigenvalue weighted by molar-refractivity contribution is 0.185. The molecular formula is C26H31FN4O3S. The van der Waals surface area contributed by atoms with Gasteiger partial charge in [0.25, 0.3) is 0 Å². The molecule has 0 amide bonds. The molecule has 3 aromatic rings. The molecule has 35 heavy (non-hydrogen) atoms. The number of likely N-dealkylation sites (N-methyl/N-ethyl adjacent to an activating group) is 1. The molecule has 1 aliphatic heterocycles. The second-order valence-corrected chi connectivity index (χ2v) is 10.7. The van der Waals surface area contributed by atoms with E-state index >= 15 is 0 Å². The van der Waals surface area contributed by atoms with Gasteiger partial charge in [-0.15, -0.1) is 0 Å². The molecule has 0 N–H and O–H groups in total. The van der Waals surface area contributed by atoms with Crippen molar-refractivity contribution in [2.75, 3.05) is 58.3 Å². The van der Waals surface area contributed by atoms with Crippen LogP contribution >= 0.6 is 0 Å². The average molecular weight is 499 g/mol. The van der Waals surface area contributed by atoms with E-state index in [9.17, 15) is 12.8 Å². The van der Waals surface area contributed by atoms with Crippen molar-refractivity contribution >= 4 is 15.7 Å². The van der Waals surface area contributed by atoms with Crippen LogP contribution in [0.25, 0.3) is 11.3 Å². The minimum atomic E-state index is -3.64. The lowest BCUT2D eigenvalue weighted by Gasteiger charge is -2.37. The number of pyridine rings is 1. The normalized spacial score (nSPS) is 15.0. The smallest absolute Gasteiger partial charge is 0.242 e. The number of nitrogens with zero attached hydrogens (tertiary/aromatic N) is 4. The summed E-state index contributed by atoms with van der Waals surface area (Å²) in [4.78, 5) is 9.36. The van der Waals surface area contributed by atoms with E-state index < -0.39 is 15.8 Å². The van der Waals surface area contributed by atoms with Gasteiger partial charge in [0.05, 0.1) is 22.9 Å². The van der Waals surface area contributed by atoms with E-state index in [1.807, 2.05) is 12.3 Å². The van der Waals surface area contributed by atoms with Crippen LogP contribution in [0.2, 0.25) is 0 Å². The Morgan fingerprint density at radius 1 is 1.00 bits per heavy atom. The number of benzene rings is 2. The number of hydrogen-bond donors (Lipinski definition) is 0. The zero-order chi connectivity index (χ0) is 24.8. The van der Waals surface area contributed by atoms with Crippen LogP contribution in [0.15, 0.2) is 71.8 Å². The third-order valence-corrected chi connectivity index (χ3v) is 8.16. The molecule has 0 atom stereocenters. The number of anilines is 1. The van der Waals surface area contributed by atoms with Gasteiger partial charge >= 0.3 is 0 Å². The first-order valence-corrected chi connectivity index (χ1v) is 13.0. The molecule has 1 aromatic heterocycles. The number of hydrogen-bond acceptors (Lipinski definition) is 6. The Morgan fingerprint density at radius 2 is 1.69 bits per heavy atom. The van der Waals surface area contributed by atoms with Crippen LogP contribution in [0.1, 0.15) is 5.56 Å². The molecule has 1 aliphatic rings. The highest BCUT2D eigenvalue weighted by molar-refractivity contribution is 7.89. The maximum Gasteiger partial charge on any atom is 0.242 e. The Hall–Kier alpha value is -2.85. The maximum atomic E-state index is 13.2. The zero-order valence-electron chi connectivity index (χ0n) is 20.1. The molecule has 0 unspecified atom stereocenters. The van der Waals surface area contributed by atoms with E-state index in [4.69, 9.17) is 4.74 Å². The summed E-state index contributed by atoms with van der Waals surface area (Å²) in [7, 11) is -0.388.